The number of aromatic amines is 2. The molecule has 0 spiro atoms. The molecular formula is C35H22CoN8O. The number of nitrogens with one attached hydrogen (secondary N) is 2. The molecule has 10 heteroatoms. The second-order valence-electron chi connectivity index (χ2n) is 11.0. The summed E-state index contributed by atoms with van der Waals surface area (Å²) in [6.07, 6.45) is 0.273. The molecule has 1 radical (unpaired) electrons. The molecule has 8 bridgehead atoms. The number of aromatic nitrogens is 8. The summed E-state index contributed by atoms with van der Waals surface area (Å²) in [5.41, 5.74) is 6.86. The molecule has 0 aliphatic carbocycles. The van der Waals surface area contributed by atoms with Gasteiger partial charge >= 0.3 is 0 Å². The normalized spacial score (nSPS) is 11.7. The molecular weight excluding hydrogens is 607 g/mol. The molecule has 45 heavy (non-hydrogen) atoms. The van der Waals surface area contributed by atoms with E-state index < -0.39 is 0 Å². The van der Waals surface area contributed by atoms with Crippen LogP contribution >= 0.6 is 0 Å². The van der Waals surface area contributed by atoms with Crippen molar-refractivity contribution in [2.24, 2.45) is 0 Å². The van der Waals surface area contributed by atoms with Gasteiger partial charge in [-0.3, -0.25) is 4.79 Å². The number of rotatable bonds is 2. The number of fused-ring (bicyclic) bond motifs is 20. The monoisotopic (exact) mass is 629 g/mol. The van der Waals surface area contributed by atoms with Gasteiger partial charge in [0.2, 0.25) is 0 Å². The first-order valence-corrected chi connectivity index (χ1v) is 14.3. The summed E-state index contributed by atoms with van der Waals surface area (Å²) >= 11 is 0. The SMILES string of the molecule is CC(=O)Cc1cccc2c3nc4nc(nc5[nH]c(nc6nc(nc([nH]3)c12)-c1ccccc1-6)c1ccccc51)-c1ccccc1-4.[Co]. The first-order chi connectivity index (χ1) is 21.6. The molecule has 0 unspecified atom stereocenters. The largest absolute Gasteiger partial charge is 0.324 e. The van der Waals surface area contributed by atoms with Crippen LogP contribution in [-0.2, 0) is 28.0 Å². The number of nitrogens with zero attached hydrogens (tertiary/aromatic N) is 6. The number of Topliss-reactive ketones (excluding diaryl/α,β-unsaturated/α-hetero) is 1. The Morgan fingerprint density at radius 2 is 0.911 bits per heavy atom. The summed E-state index contributed by atoms with van der Waals surface area (Å²) in [5, 5.41) is 3.53. The number of carbonyl (C=O) groups excluding carboxylic acids is 1. The van der Waals surface area contributed by atoms with Crippen molar-refractivity contribution in [3.8, 4) is 45.6 Å². The molecule has 5 heterocycles. The van der Waals surface area contributed by atoms with Crippen molar-refractivity contribution in [2.45, 2.75) is 13.3 Å². The third-order valence-electron chi connectivity index (χ3n) is 8.11. The first-order valence-electron chi connectivity index (χ1n) is 14.3. The Kier molecular flexibility index (Phi) is 6.15. The molecule has 2 aliphatic heterocycles. The zero-order valence-electron chi connectivity index (χ0n) is 23.8. The Balaban J connectivity index is 0.00000300. The van der Waals surface area contributed by atoms with E-state index in [9.17, 15) is 4.79 Å². The van der Waals surface area contributed by atoms with Gasteiger partial charge in [0.25, 0.3) is 0 Å². The first kappa shape index (κ1) is 27.0. The standard InChI is InChI=1S/C35H22N8O.Co/c1-18(44)17-19-9-8-16-26-27(19)35-42-33-25-15-7-6-14-24(25)31(40-33)38-29-21-11-3-2-10-20(21)28(36-29)37-30-22-12-4-5-13-23(22)32(39-30)41-34(26)43-35;/h2-16H,17H2,1H3,(H2,36,37,38,39,40,41,42,43);. The predicted molar refractivity (Wildman–Crippen MR) is 170 cm³/mol. The van der Waals surface area contributed by atoms with Crippen molar-refractivity contribution in [1.29, 1.82) is 0 Å². The van der Waals surface area contributed by atoms with Crippen LogP contribution < -0.4 is 0 Å². The topological polar surface area (TPSA) is 126 Å². The third kappa shape index (κ3) is 4.26. The Morgan fingerprint density at radius 1 is 0.511 bits per heavy atom. The quantitative estimate of drug-likeness (QED) is 0.211. The van der Waals surface area contributed by atoms with Crippen LogP contribution in [0.25, 0.3) is 89.7 Å². The average Bonchev–Trinajstić information content (AvgIpc) is 3.77. The molecule has 4 aromatic carbocycles. The molecule has 0 saturated carbocycles. The van der Waals surface area contributed by atoms with Crippen molar-refractivity contribution in [2.75, 3.05) is 0 Å². The van der Waals surface area contributed by atoms with Crippen LogP contribution in [-0.4, -0.2) is 45.7 Å². The minimum atomic E-state index is 0. The van der Waals surface area contributed by atoms with Crippen molar-refractivity contribution in [3.05, 3.63) is 96.6 Å². The summed E-state index contributed by atoms with van der Waals surface area (Å²) in [6.45, 7) is 1.59. The number of hydrogen-bond donors (Lipinski definition) is 2. The van der Waals surface area contributed by atoms with E-state index in [2.05, 4.69) is 9.97 Å². The van der Waals surface area contributed by atoms with Crippen LogP contribution in [0, 0.1) is 0 Å². The van der Waals surface area contributed by atoms with Crippen LogP contribution in [0.3, 0.4) is 0 Å². The molecule has 7 aromatic rings. The Labute approximate surface area is 266 Å². The van der Waals surface area contributed by atoms with E-state index >= 15 is 0 Å². The van der Waals surface area contributed by atoms with E-state index in [-0.39, 0.29) is 29.0 Å². The molecule has 0 amide bonds. The van der Waals surface area contributed by atoms with Gasteiger partial charge in [0.05, 0.1) is 0 Å². The van der Waals surface area contributed by atoms with E-state index in [0.29, 0.717) is 45.9 Å². The van der Waals surface area contributed by atoms with E-state index in [1.165, 1.54) is 0 Å². The summed E-state index contributed by atoms with van der Waals surface area (Å²) in [5.74, 6) is 2.24. The smallest absolute Gasteiger partial charge is 0.164 e. The maximum atomic E-state index is 12.3. The zero-order valence-corrected chi connectivity index (χ0v) is 24.8. The summed E-state index contributed by atoms with van der Waals surface area (Å²) < 4.78 is 0. The Morgan fingerprint density at radius 3 is 1.40 bits per heavy atom. The van der Waals surface area contributed by atoms with Crippen LogP contribution in [0.4, 0.5) is 0 Å². The van der Waals surface area contributed by atoms with E-state index in [1.54, 1.807) is 6.92 Å². The van der Waals surface area contributed by atoms with Crippen molar-refractivity contribution in [3.63, 3.8) is 0 Å². The second-order valence-corrected chi connectivity index (χ2v) is 11.0. The Hall–Kier alpha value is -5.58. The number of H-pyrrole nitrogens is 2. The summed E-state index contributed by atoms with van der Waals surface area (Å²) in [6, 6.07) is 29.8. The number of ketones is 1. The maximum Gasteiger partial charge on any atom is 0.164 e. The molecule has 2 aliphatic rings. The van der Waals surface area contributed by atoms with E-state index in [0.717, 1.165) is 49.4 Å². The van der Waals surface area contributed by atoms with E-state index in [4.69, 9.17) is 29.9 Å². The molecule has 0 saturated heterocycles. The van der Waals surface area contributed by atoms with Crippen LogP contribution in [0.1, 0.15) is 12.5 Å². The van der Waals surface area contributed by atoms with Crippen molar-refractivity contribution >= 4 is 49.9 Å². The summed E-state index contributed by atoms with van der Waals surface area (Å²) in [7, 11) is 0. The third-order valence-corrected chi connectivity index (χ3v) is 8.11. The van der Waals surface area contributed by atoms with Gasteiger partial charge in [-0.15, -0.1) is 0 Å². The number of hydrogen-bond acceptors (Lipinski definition) is 7. The fraction of sp³-hybridized carbons (Fsp3) is 0.0571. The summed E-state index contributed by atoms with van der Waals surface area (Å²) in [4.78, 5) is 49.2. The number of carbonyl (C=O) groups is 1. The maximum absolute atomic E-state index is 12.3. The Bertz CT molecular complexity index is 2530. The fourth-order valence-electron chi connectivity index (χ4n) is 6.18. The zero-order chi connectivity index (χ0) is 29.4. The molecule has 0 atom stereocenters. The fourth-order valence-corrected chi connectivity index (χ4v) is 6.18. The van der Waals surface area contributed by atoms with Gasteiger partial charge in [0, 0.05) is 67.0 Å². The van der Waals surface area contributed by atoms with Crippen molar-refractivity contribution < 1.29 is 21.6 Å². The minimum Gasteiger partial charge on any atom is -0.324 e. The average molecular weight is 630 g/mol. The van der Waals surface area contributed by atoms with E-state index in [1.807, 2.05) is 91.0 Å². The molecule has 3 aromatic heterocycles. The molecule has 217 valence electrons. The molecule has 9 nitrogen and oxygen atoms in total. The van der Waals surface area contributed by atoms with Crippen molar-refractivity contribution in [1.82, 2.24) is 39.9 Å². The predicted octanol–water partition coefficient (Wildman–Crippen LogP) is 7.00. The van der Waals surface area contributed by atoms with Gasteiger partial charge in [-0.25, -0.2) is 29.9 Å². The van der Waals surface area contributed by atoms with Crippen LogP contribution in [0.2, 0.25) is 0 Å². The van der Waals surface area contributed by atoms with Gasteiger partial charge in [-0.05, 0) is 12.5 Å². The van der Waals surface area contributed by atoms with Crippen LogP contribution in [0.15, 0.2) is 91.0 Å². The minimum absolute atomic E-state index is 0. The molecule has 2 N–H and O–H groups in total. The molecule has 9 rings (SSSR count). The van der Waals surface area contributed by atoms with Gasteiger partial charge in [0.15, 0.2) is 23.3 Å². The van der Waals surface area contributed by atoms with Gasteiger partial charge in [-0.2, -0.15) is 0 Å². The molecule has 0 fully saturated rings. The number of benzene rings is 4. The van der Waals surface area contributed by atoms with Gasteiger partial charge < -0.3 is 9.97 Å². The van der Waals surface area contributed by atoms with Crippen LogP contribution in [0.5, 0.6) is 0 Å². The van der Waals surface area contributed by atoms with Gasteiger partial charge in [-0.1, -0.05) is 91.0 Å². The second kappa shape index (κ2) is 10.3. The van der Waals surface area contributed by atoms with Gasteiger partial charge in [0.1, 0.15) is 28.4 Å².